The van der Waals surface area contributed by atoms with E-state index in [0.717, 1.165) is 45.0 Å². The number of rotatable bonds is 8. The quantitative estimate of drug-likeness (QED) is 0.683. The van der Waals surface area contributed by atoms with Gasteiger partial charge in [-0.25, -0.2) is 0 Å². The average Bonchev–Trinajstić information content (AvgIpc) is 2.69. The first-order valence-corrected chi connectivity index (χ1v) is 9.26. The molecule has 138 valence electrons. The van der Waals surface area contributed by atoms with Crippen molar-refractivity contribution in [2.75, 3.05) is 53.0 Å². The molecule has 3 rings (SSSR count). The minimum atomic E-state index is 0.559. The van der Waals surface area contributed by atoms with Crippen LogP contribution in [0.4, 0.5) is 0 Å². The van der Waals surface area contributed by atoms with Gasteiger partial charge in [-0.15, -0.1) is 0 Å². The van der Waals surface area contributed by atoms with Crippen molar-refractivity contribution in [1.82, 2.24) is 9.80 Å². The number of fused-ring (bicyclic) bond motifs is 1. The summed E-state index contributed by atoms with van der Waals surface area (Å²) in [7, 11) is 1.69. The van der Waals surface area contributed by atoms with Crippen molar-refractivity contribution >= 4 is 10.8 Å². The molecule has 1 aliphatic rings. The van der Waals surface area contributed by atoms with Gasteiger partial charge in [-0.3, -0.25) is 9.80 Å². The Morgan fingerprint density at radius 1 is 1.00 bits per heavy atom. The fourth-order valence-corrected chi connectivity index (χ4v) is 3.45. The molecule has 0 atom stereocenters. The van der Waals surface area contributed by atoms with Crippen LogP contribution in [-0.2, 0) is 11.3 Å². The van der Waals surface area contributed by atoms with Crippen molar-refractivity contribution in [3.63, 3.8) is 0 Å². The van der Waals surface area contributed by atoms with Gasteiger partial charge in [0.15, 0.2) is 0 Å². The smallest absolute Gasteiger partial charge is 0.124 e. The molecule has 0 aliphatic carbocycles. The molecule has 0 saturated carbocycles. The Labute approximate surface area is 155 Å². The predicted octanol–water partition coefficient (Wildman–Crippen LogP) is 2.90. The lowest BCUT2D eigenvalue weighted by Gasteiger charge is -2.34. The number of methoxy groups -OCH3 is 1. The fourth-order valence-electron chi connectivity index (χ4n) is 3.45. The Morgan fingerprint density at radius 3 is 2.54 bits per heavy atom. The minimum absolute atomic E-state index is 0.559. The first kappa shape index (κ1) is 18.7. The molecule has 0 N–H and O–H groups in total. The van der Waals surface area contributed by atoms with Gasteiger partial charge in [0.2, 0.25) is 0 Å². The second kappa shape index (κ2) is 9.54. The molecule has 2 aromatic rings. The monoisotopic (exact) mass is 353 g/mol. The third kappa shape index (κ3) is 4.73. The molecule has 1 aliphatic heterocycles. The van der Waals surface area contributed by atoms with Crippen LogP contribution in [0.25, 0.3) is 10.8 Å². The number of nitriles is 1. The van der Waals surface area contributed by atoms with Crippen LogP contribution in [0.1, 0.15) is 12.0 Å². The summed E-state index contributed by atoms with van der Waals surface area (Å²) in [6, 6.07) is 14.9. The largest absolute Gasteiger partial charge is 0.491 e. The van der Waals surface area contributed by atoms with Crippen molar-refractivity contribution < 1.29 is 9.47 Å². The van der Waals surface area contributed by atoms with Crippen LogP contribution in [0.5, 0.6) is 5.75 Å². The molecule has 1 fully saturated rings. The minimum Gasteiger partial charge on any atom is -0.491 e. The standard InChI is InChI=1S/C21H27N3O2/c1-25-15-16-26-21-8-7-18-5-2-3-6-19(18)20(21)17-24-13-11-23(12-14-24)10-4-9-22/h2-3,5-8H,4,10-17H2,1H3. The molecule has 0 unspecified atom stereocenters. The van der Waals surface area contributed by atoms with Crippen molar-refractivity contribution in [3.05, 3.63) is 42.0 Å². The van der Waals surface area contributed by atoms with Gasteiger partial charge in [0, 0.05) is 58.4 Å². The van der Waals surface area contributed by atoms with Crippen LogP contribution < -0.4 is 4.74 Å². The van der Waals surface area contributed by atoms with Crippen molar-refractivity contribution in [1.29, 1.82) is 5.26 Å². The highest BCUT2D eigenvalue weighted by Gasteiger charge is 2.19. The highest BCUT2D eigenvalue weighted by atomic mass is 16.5. The van der Waals surface area contributed by atoms with Gasteiger partial charge in [-0.05, 0) is 16.8 Å². The molecular weight excluding hydrogens is 326 g/mol. The topological polar surface area (TPSA) is 48.7 Å². The van der Waals surface area contributed by atoms with E-state index < -0.39 is 0 Å². The van der Waals surface area contributed by atoms with E-state index in [0.29, 0.717) is 19.6 Å². The normalized spacial score (nSPS) is 15.8. The van der Waals surface area contributed by atoms with Gasteiger partial charge in [0.05, 0.1) is 12.7 Å². The zero-order valence-electron chi connectivity index (χ0n) is 15.5. The second-order valence-corrected chi connectivity index (χ2v) is 6.63. The Hall–Kier alpha value is -2.13. The summed E-state index contributed by atoms with van der Waals surface area (Å²) in [6.45, 7) is 6.99. The lowest BCUT2D eigenvalue weighted by molar-refractivity contribution is 0.125. The van der Waals surface area contributed by atoms with Crippen molar-refractivity contribution in [2.45, 2.75) is 13.0 Å². The average molecular weight is 353 g/mol. The van der Waals surface area contributed by atoms with E-state index in [4.69, 9.17) is 14.7 Å². The van der Waals surface area contributed by atoms with Crippen LogP contribution in [0.15, 0.2) is 36.4 Å². The molecule has 0 spiro atoms. The first-order valence-electron chi connectivity index (χ1n) is 9.26. The Bertz CT molecular complexity index is 748. The molecular formula is C21H27N3O2. The Kier molecular flexibility index (Phi) is 6.84. The zero-order chi connectivity index (χ0) is 18.2. The Balaban J connectivity index is 1.73. The predicted molar refractivity (Wildman–Crippen MR) is 103 cm³/mol. The van der Waals surface area contributed by atoms with Gasteiger partial charge < -0.3 is 9.47 Å². The molecule has 1 saturated heterocycles. The van der Waals surface area contributed by atoms with Crippen LogP contribution in [0, 0.1) is 11.3 Å². The van der Waals surface area contributed by atoms with Crippen LogP contribution in [-0.4, -0.2) is 62.8 Å². The summed E-state index contributed by atoms with van der Waals surface area (Å²) in [5.41, 5.74) is 1.25. The van der Waals surface area contributed by atoms with Crippen LogP contribution in [0.2, 0.25) is 0 Å². The lowest BCUT2D eigenvalue weighted by Crippen LogP contribution is -2.46. The van der Waals surface area contributed by atoms with E-state index in [2.05, 4.69) is 52.3 Å². The number of nitrogens with zero attached hydrogens (tertiary/aromatic N) is 3. The van der Waals surface area contributed by atoms with E-state index in [1.807, 2.05) is 0 Å². The summed E-state index contributed by atoms with van der Waals surface area (Å²) in [5, 5.41) is 11.3. The number of piperazine rings is 1. The number of hydrogen-bond donors (Lipinski definition) is 0. The number of hydrogen-bond acceptors (Lipinski definition) is 5. The molecule has 0 bridgehead atoms. The van der Waals surface area contributed by atoms with Crippen LogP contribution in [0.3, 0.4) is 0 Å². The third-order valence-corrected chi connectivity index (χ3v) is 4.93. The number of ether oxygens (including phenoxy) is 2. The van der Waals surface area contributed by atoms with Gasteiger partial charge in [0.1, 0.15) is 12.4 Å². The zero-order valence-corrected chi connectivity index (χ0v) is 15.5. The maximum absolute atomic E-state index is 8.75. The Morgan fingerprint density at radius 2 is 1.77 bits per heavy atom. The van der Waals surface area contributed by atoms with E-state index in [1.165, 1.54) is 16.3 Å². The summed E-state index contributed by atoms with van der Waals surface area (Å²) < 4.78 is 11.1. The highest BCUT2D eigenvalue weighted by Crippen LogP contribution is 2.29. The first-order chi connectivity index (χ1) is 12.8. The van der Waals surface area contributed by atoms with Gasteiger partial charge in [-0.2, -0.15) is 5.26 Å². The van der Waals surface area contributed by atoms with E-state index in [9.17, 15) is 0 Å². The SMILES string of the molecule is COCCOc1ccc2ccccc2c1CN1CCN(CCC#N)CC1. The summed E-state index contributed by atoms with van der Waals surface area (Å²) >= 11 is 0. The maximum Gasteiger partial charge on any atom is 0.124 e. The summed E-state index contributed by atoms with van der Waals surface area (Å²) in [5.74, 6) is 0.952. The van der Waals surface area contributed by atoms with E-state index >= 15 is 0 Å². The van der Waals surface area contributed by atoms with Crippen LogP contribution >= 0.6 is 0 Å². The molecule has 0 amide bonds. The second-order valence-electron chi connectivity index (χ2n) is 6.63. The molecule has 0 radical (unpaired) electrons. The molecule has 1 heterocycles. The third-order valence-electron chi connectivity index (χ3n) is 4.93. The lowest BCUT2D eigenvalue weighted by atomic mass is 10.0. The van der Waals surface area contributed by atoms with Gasteiger partial charge in [0.25, 0.3) is 0 Å². The number of benzene rings is 2. The molecule has 5 nitrogen and oxygen atoms in total. The molecule has 26 heavy (non-hydrogen) atoms. The van der Waals surface area contributed by atoms with Gasteiger partial charge in [-0.1, -0.05) is 30.3 Å². The van der Waals surface area contributed by atoms with E-state index in [1.54, 1.807) is 7.11 Å². The molecule has 2 aromatic carbocycles. The van der Waals surface area contributed by atoms with Gasteiger partial charge >= 0.3 is 0 Å². The van der Waals surface area contributed by atoms with Crippen molar-refractivity contribution in [3.8, 4) is 11.8 Å². The summed E-state index contributed by atoms with van der Waals surface area (Å²) in [4.78, 5) is 4.85. The highest BCUT2D eigenvalue weighted by molar-refractivity contribution is 5.87. The fraction of sp³-hybridized carbons (Fsp3) is 0.476. The molecule has 5 heteroatoms. The molecule has 0 aromatic heterocycles. The van der Waals surface area contributed by atoms with Crippen molar-refractivity contribution in [2.24, 2.45) is 0 Å². The summed E-state index contributed by atoms with van der Waals surface area (Å²) in [6.07, 6.45) is 0.612. The van der Waals surface area contributed by atoms with E-state index in [-0.39, 0.29) is 0 Å². The maximum atomic E-state index is 8.75.